The van der Waals surface area contributed by atoms with Gasteiger partial charge < -0.3 is 5.73 Å². The molecule has 0 amide bonds. The summed E-state index contributed by atoms with van der Waals surface area (Å²) < 4.78 is 26.7. The van der Waals surface area contributed by atoms with E-state index in [1.165, 1.54) is 12.1 Å². The van der Waals surface area contributed by atoms with Crippen LogP contribution >= 0.6 is 11.6 Å². The molecule has 1 saturated carbocycles. The number of benzene rings is 1. The molecule has 0 heterocycles. The van der Waals surface area contributed by atoms with Crippen LogP contribution in [0.2, 0.25) is 5.02 Å². The lowest BCUT2D eigenvalue weighted by Gasteiger charge is -2.17. The molecule has 4 nitrogen and oxygen atoms in total. The van der Waals surface area contributed by atoms with Gasteiger partial charge in [-0.25, -0.2) is 13.1 Å². The second kappa shape index (κ2) is 4.94. The molecule has 94 valence electrons. The number of hydrogen-bond donors (Lipinski definition) is 2. The third-order valence-corrected chi connectivity index (χ3v) is 4.76. The fourth-order valence-electron chi connectivity index (χ4n) is 2.02. The van der Waals surface area contributed by atoms with Gasteiger partial charge in [-0.05, 0) is 37.1 Å². The van der Waals surface area contributed by atoms with Crippen LogP contribution in [-0.4, -0.2) is 20.5 Å². The first-order chi connectivity index (χ1) is 7.99. The van der Waals surface area contributed by atoms with E-state index in [2.05, 4.69) is 4.72 Å². The molecule has 3 N–H and O–H groups in total. The molecule has 2 atom stereocenters. The highest BCUT2D eigenvalue weighted by Gasteiger charge is 2.28. The Kier molecular flexibility index (Phi) is 3.73. The summed E-state index contributed by atoms with van der Waals surface area (Å²) in [5.74, 6) is 0. The standard InChI is InChI=1S/C11H15ClN2O2S/c12-8-4-6-9(7-5-8)17(15,16)14-11-3-1-2-10(11)13/h4-7,10-11,14H,1-3,13H2. The minimum atomic E-state index is -3.48. The Bertz CT molecular complexity index is 487. The zero-order chi connectivity index (χ0) is 12.5. The van der Waals surface area contributed by atoms with Crippen molar-refractivity contribution >= 4 is 21.6 Å². The molecule has 0 aliphatic heterocycles. The molecule has 2 rings (SSSR count). The van der Waals surface area contributed by atoms with Crippen LogP contribution in [-0.2, 0) is 10.0 Å². The number of sulfonamides is 1. The zero-order valence-electron chi connectivity index (χ0n) is 9.27. The molecular weight excluding hydrogens is 260 g/mol. The third kappa shape index (κ3) is 2.98. The molecule has 6 heteroatoms. The highest BCUT2D eigenvalue weighted by atomic mass is 35.5. The Labute approximate surface area is 106 Å². The fraction of sp³-hybridized carbons (Fsp3) is 0.455. The van der Waals surface area contributed by atoms with E-state index < -0.39 is 10.0 Å². The van der Waals surface area contributed by atoms with Crippen LogP contribution in [0.3, 0.4) is 0 Å². The maximum atomic E-state index is 12.0. The van der Waals surface area contributed by atoms with Crippen LogP contribution in [0.15, 0.2) is 29.2 Å². The van der Waals surface area contributed by atoms with E-state index in [1.54, 1.807) is 12.1 Å². The van der Waals surface area contributed by atoms with Crippen molar-refractivity contribution in [2.75, 3.05) is 0 Å². The molecular formula is C11H15ClN2O2S. The highest BCUT2D eigenvalue weighted by molar-refractivity contribution is 7.89. The number of nitrogens with two attached hydrogens (primary N) is 1. The summed E-state index contributed by atoms with van der Waals surface area (Å²) in [5, 5.41) is 0.515. The molecule has 17 heavy (non-hydrogen) atoms. The van der Waals surface area contributed by atoms with Crippen LogP contribution in [0.5, 0.6) is 0 Å². The van der Waals surface area contributed by atoms with E-state index in [4.69, 9.17) is 17.3 Å². The van der Waals surface area contributed by atoms with Crippen molar-refractivity contribution < 1.29 is 8.42 Å². The largest absolute Gasteiger partial charge is 0.326 e. The maximum absolute atomic E-state index is 12.0. The Morgan fingerprint density at radius 1 is 1.24 bits per heavy atom. The molecule has 1 fully saturated rings. The van der Waals surface area contributed by atoms with Crippen LogP contribution in [0.4, 0.5) is 0 Å². The molecule has 0 saturated heterocycles. The summed E-state index contributed by atoms with van der Waals surface area (Å²) in [6, 6.07) is 5.86. The van der Waals surface area contributed by atoms with E-state index in [0.29, 0.717) is 5.02 Å². The lowest BCUT2D eigenvalue weighted by Crippen LogP contribution is -2.43. The topological polar surface area (TPSA) is 72.2 Å². The zero-order valence-corrected chi connectivity index (χ0v) is 10.8. The Balaban J connectivity index is 2.16. The van der Waals surface area contributed by atoms with Gasteiger partial charge in [0.25, 0.3) is 0 Å². The fourth-order valence-corrected chi connectivity index (χ4v) is 3.46. The van der Waals surface area contributed by atoms with Crippen LogP contribution in [0, 0.1) is 0 Å². The minimum Gasteiger partial charge on any atom is -0.326 e. The quantitative estimate of drug-likeness (QED) is 0.877. The van der Waals surface area contributed by atoms with Crippen molar-refractivity contribution in [2.24, 2.45) is 5.73 Å². The van der Waals surface area contributed by atoms with Gasteiger partial charge in [0.1, 0.15) is 0 Å². The predicted octanol–water partition coefficient (Wildman–Crippen LogP) is 1.50. The first-order valence-electron chi connectivity index (χ1n) is 5.52. The van der Waals surface area contributed by atoms with E-state index in [0.717, 1.165) is 19.3 Å². The summed E-state index contributed by atoms with van der Waals surface area (Å²) in [5.41, 5.74) is 5.84. The van der Waals surface area contributed by atoms with Crippen molar-refractivity contribution in [3.8, 4) is 0 Å². The van der Waals surface area contributed by atoms with Gasteiger partial charge in [0.05, 0.1) is 4.90 Å². The lowest BCUT2D eigenvalue weighted by atomic mass is 10.2. The van der Waals surface area contributed by atoms with Gasteiger partial charge in [-0.3, -0.25) is 0 Å². The van der Waals surface area contributed by atoms with E-state index in [1.807, 2.05) is 0 Å². The molecule has 0 radical (unpaired) electrons. The van der Waals surface area contributed by atoms with Gasteiger partial charge in [-0.2, -0.15) is 0 Å². The van der Waals surface area contributed by atoms with E-state index in [-0.39, 0.29) is 17.0 Å². The summed E-state index contributed by atoms with van der Waals surface area (Å²) in [7, 11) is -3.48. The lowest BCUT2D eigenvalue weighted by molar-refractivity contribution is 0.522. The van der Waals surface area contributed by atoms with Crippen molar-refractivity contribution in [3.63, 3.8) is 0 Å². The van der Waals surface area contributed by atoms with E-state index in [9.17, 15) is 8.42 Å². The smallest absolute Gasteiger partial charge is 0.240 e. The molecule has 0 bridgehead atoms. The summed E-state index contributed by atoms with van der Waals surface area (Å²) >= 11 is 5.72. The van der Waals surface area contributed by atoms with Gasteiger partial charge in [-0.1, -0.05) is 18.0 Å². The first kappa shape index (κ1) is 12.8. The second-order valence-electron chi connectivity index (χ2n) is 4.28. The molecule has 1 aliphatic rings. The normalized spacial score (nSPS) is 25.1. The average molecular weight is 275 g/mol. The second-order valence-corrected chi connectivity index (χ2v) is 6.43. The van der Waals surface area contributed by atoms with Gasteiger partial charge in [0, 0.05) is 17.1 Å². The third-order valence-electron chi connectivity index (χ3n) is 3.00. The molecule has 0 aromatic heterocycles. The number of hydrogen-bond acceptors (Lipinski definition) is 3. The molecule has 2 unspecified atom stereocenters. The monoisotopic (exact) mass is 274 g/mol. The minimum absolute atomic E-state index is 0.0860. The van der Waals surface area contributed by atoms with Crippen molar-refractivity contribution in [2.45, 2.75) is 36.2 Å². The van der Waals surface area contributed by atoms with Crippen LogP contribution < -0.4 is 10.5 Å². The predicted molar refractivity (Wildman–Crippen MR) is 67.4 cm³/mol. The first-order valence-corrected chi connectivity index (χ1v) is 7.38. The highest BCUT2D eigenvalue weighted by Crippen LogP contribution is 2.20. The number of nitrogens with one attached hydrogen (secondary N) is 1. The molecule has 1 aliphatic carbocycles. The summed E-state index contributed by atoms with van der Waals surface area (Å²) in [6.07, 6.45) is 2.64. The molecule has 0 spiro atoms. The van der Waals surface area contributed by atoms with E-state index >= 15 is 0 Å². The van der Waals surface area contributed by atoms with Crippen LogP contribution in [0.25, 0.3) is 0 Å². The van der Waals surface area contributed by atoms with Crippen LogP contribution in [0.1, 0.15) is 19.3 Å². The van der Waals surface area contributed by atoms with Gasteiger partial charge in [-0.15, -0.1) is 0 Å². The Morgan fingerprint density at radius 3 is 2.41 bits per heavy atom. The summed E-state index contributed by atoms with van der Waals surface area (Å²) in [6.45, 7) is 0. The maximum Gasteiger partial charge on any atom is 0.240 e. The SMILES string of the molecule is NC1CCCC1NS(=O)(=O)c1ccc(Cl)cc1. The number of halogens is 1. The summed E-state index contributed by atoms with van der Waals surface area (Å²) in [4.78, 5) is 0.223. The van der Waals surface area contributed by atoms with Crippen molar-refractivity contribution in [1.82, 2.24) is 4.72 Å². The Morgan fingerprint density at radius 2 is 1.88 bits per heavy atom. The molecule has 1 aromatic rings. The molecule has 1 aromatic carbocycles. The average Bonchev–Trinajstić information content (AvgIpc) is 2.64. The van der Waals surface area contributed by atoms with Gasteiger partial charge in [0.15, 0.2) is 0 Å². The van der Waals surface area contributed by atoms with Gasteiger partial charge >= 0.3 is 0 Å². The van der Waals surface area contributed by atoms with Gasteiger partial charge in [0.2, 0.25) is 10.0 Å². The van der Waals surface area contributed by atoms with Crippen molar-refractivity contribution in [1.29, 1.82) is 0 Å². The number of rotatable bonds is 3. The van der Waals surface area contributed by atoms with Crippen molar-refractivity contribution in [3.05, 3.63) is 29.3 Å². The Hall–Kier alpha value is -0.620.